The Labute approximate surface area is 106 Å². The van der Waals surface area contributed by atoms with Crippen molar-refractivity contribution in [3.05, 3.63) is 17.8 Å². The molecular formula is C12H19N3O3. The van der Waals surface area contributed by atoms with Gasteiger partial charge in [-0.15, -0.1) is 0 Å². The maximum atomic E-state index is 10.9. The van der Waals surface area contributed by atoms with Crippen LogP contribution in [0.3, 0.4) is 0 Å². The van der Waals surface area contributed by atoms with Crippen LogP contribution >= 0.6 is 0 Å². The Morgan fingerprint density at radius 1 is 1.56 bits per heavy atom. The lowest BCUT2D eigenvalue weighted by atomic mass is 10.2. The van der Waals surface area contributed by atoms with Crippen molar-refractivity contribution < 1.29 is 14.6 Å². The normalized spacial score (nSPS) is 10.3. The molecule has 6 heteroatoms. The number of hydrogen-bond acceptors (Lipinski definition) is 5. The van der Waals surface area contributed by atoms with Gasteiger partial charge in [0.25, 0.3) is 0 Å². The second-order valence-corrected chi connectivity index (χ2v) is 3.82. The number of anilines is 2. The van der Waals surface area contributed by atoms with Crippen molar-refractivity contribution in [2.45, 2.75) is 19.8 Å². The Morgan fingerprint density at radius 2 is 2.33 bits per heavy atom. The van der Waals surface area contributed by atoms with Crippen LogP contribution in [0.25, 0.3) is 0 Å². The molecule has 0 spiro atoms. The fourth-order valence-corrected chi connectivity index (χ4v) is 1.39. The number of rotatable bonds is 8. The van der Waals surface area contributed by atoms with Crippen molar-refractivity contribution in [1.29, 1.82) is 0 Å². The average molecular weight is 253 g/mol. The predicted molar refractivity (Wildman–Crippen MR) is 69.8 cm³/mol. The minimum absolute atomic E-state index is 0.0550. The van der Waals surface area contributed by atoms with Crippen molar-refractivity contribution in [3.63, 3.8) is 0 Å². The Balaban J connectivity index is 2.43. The van der Waals surface area contributed by atoms with Crippen LogP contribution in [0.4, 0.5) is 11.5 Å². The summed E-state index contributed by atoms with van der Waals surface area (Å²) < 4.78 is 5.37. The van der Waals surface area contributed by atoms with E-state index in [1.807, 2.05) is 0 Å². The van der Waals surface area contributed by atoms with Gasteiger partial charge in [-0.25, -0.2) is 9.78 Å². The third-order valence-corrected chi connectivity index (χ3v) is 2.40. The lowest BCUT2D eigenvalue weighted by molar-refractivity contribution is 0.0698. The van der Waals surface area contributed by atoms with E-state index in [-0.39, 0.29) is 11.3 Å². The van der Waals surface area contributed by atoms with Crippen molar-refractivity contribution in [2.75, 3.05) is 30.8 Å². The summed E-state index contributed by atoms with van der Waals surface area (Å²) in [4.78, 5) is 14.9. The van der Waals surface area contributed by atoms with Crippen LogP contribution in [0.2, 0.25) is 0 Å². The number of carboxylic acids is 1. The van der Waals surface area contributed by atoms with Gasteiger partial charge >= 0.3 is 5.97 Å². The van der Waals surface area contributed by atoms with E-state index in [1.54, 1.807) is 0 Å². The maximum absolute atomic E-state index is 10.9. The van der Waals surface area contributed by atoms with E-state index in [0.717, 1.165) is 19.4 Å². The van der Waals surface area contributed by atoms with Crippen molar-refractivity contribution in [1.82, 2.24) is 4.98 Å². The fraction of sp³-hybridized carbons (Fsp3) is 0.500. The third kappa shape index (κ3) is 4.21. The number of pyridine rings is 1. The minimum atomic E-state index is -1.06. The van der Waals surface area contributed by atoms with Crippen LogP contribution in [0.1, 0.15) is 30.1 Å². The van der Waals surface area contributed by atoms with Gasteiger partial charge in [-0.05, 0) is 12.5 Å². The van der Waals surface area contributed by atoms with Gasteiger partial charge in [-0.2, -0.15) is 0 Å². The molecule has 1 aromatic rings. The Morgan fingerprint density at radius 3 is 3.00 bits per heavy atom. The molecule has 0 saturated carbocycles. The number of carbonyl (C=O) groups is 1. The van der Waals surface area contributed by atoms with Crippen LogP contribution < -0.4 is 11.1 Å². The molecule has 0 radical (unpaired) electrons. The number of carboxylic acid groups (broad SMARTS) is 1. The summed E-state index contributed by atoms with van der Waals surface area (Å²) in [6, 6.07) is 1.38. The summed E-state index contributed by atoms with van der Waals surface area (Å²) in [6.07, 6.45) is 3.55. The molecule has 0 fully saturated rings. The Bertz CT molecular complexity index is 396. The molecular weight excluding hydrogens is 234 g/mol. The van der Waals surface area contributed by atoms with Gasteiger partial charge in [0.15, 0.2) is 0 Å². The first-order valence-electron chi connectivity index (χ1n) is 5.96. The molecule has 0 atom stereocenters. The highest BCUT2D eigenvalue weighted by atomic mass is 16.5. The van der Waals surface area contributed by atoms with Gasteiger partial charge in [0.2, 0.25) is 0 Å². The van der Waals surface area contributed by atoms with Crippen molar-refractivity contribution >= 4 is 17.5 Å². The van der Waals surface area contributed by atoms with Crippen LogP contribution in [0.15, 0.2) is 12.3 Å². The topological polar surface area (TPSA) is 97.5 Å². The second-order valence-electron chi connectivity index (χ2n) is 3.82. The van der Waals surface area contributed by atoms with Gasteiger partial charge in [0.1, 0.15) is 5.82 Å². The number of unbranched alkanes of at least 4 members (excludes halogenated alkanes) is 1. The number of ether oxygens (including phenoxy) is 1. The van der Waals surface area contributed by atoms with Crippen LogP contribution in [0, 0.1) is 0 Å². The Hall–Kier alpha value is -1.82. The summed E-state index contributed by atoms with van der Waals surface area (Å²) in [7, 11) is 0. The molecule has 0 unspecified atom stereocenters. The summed E-state index contributed by atoms with van der Waals surface area (Å²) >= 11 is 0. The largest absolute Gasteiger partial charge is 0.478 e. The smallest absolute Gasteiger partial charge is 0.337 e. The van der Waals surface area contributed by atoms with Gasteiger partial charge < -0.3 is 20.9 Å². The molecule has 0 aromatic carbocycles. The molecule has 0 amide bonds. The van der Waals surface area contributed by atoms with Crippen molar-refractivity contribution in [2.24, 2.45) is 0 Å². The summed E-state index contributed by atoms with van der Waals surface area (Å²) in [5.41, 5.74) is 5.91. The molecule has 0 aliphatic carbocycles. The molecule has 0 saturated heterocycles. The summed E-state index contributed by atoms with van der Waals surface area (Å²) in [5, 5.41) is 11.9. The zero-order chi connectivity index (χ0) is 13.4. The number of aromatic carboxylic acids is 1. The molecule has 1 heterocycles. The standard InChI is InChI=1S/C12H19N3O3/c1-2-3-7-18-8-6-15-11-10(13)9(12(16)17)4-5-14-11/h4-5H,2-3,6-8,13H2,1H3,(H,14,15)(H,16,17). The second kappa shape index (κ2) is 7.50. The fourth-order valence-electron chi connectivity index (χ4n) is 1.39. The van der Waals surface area contributed by atoms with E-state index in [9.17, 15) is 4.79 Å². The molecule has 0 aliphatic heterocycles. The van der Waals surface area contributed by atoms with E-state index in [4.69, 9.17) is 15.6 Å². The van der Waals surface area contributed by atoms with Crippen LogP contribution in [-0.2, 0) is 4.74 Å². The summed E-state index contributed by atoms with van der Waals surface area (Å²) in [5.74, 6) is -0.675. The third-order valence-electron chi connectivity index (χ3n) is 2.40. The number of nitrogens with two attached hydrogens (primary N) is 1. The zero-order valence-corrected chi connectivity index (χ0v) is 10.5. The van der Waals surface area contributed by atoms with Gasteiger partial charge in [-0.3, -0.25) is 0 Å². The number of nitrogens with one attached hydrogen (secondary N) is 1. The van der Waals surface area contributed by atoms with E-state index in [1.165, 1.54) is 12.3 Å². The molecule has 6 nitrogen and oxygen atoms in total. The van der Waals surface area contributed by atoms with E-state index in [2.05, 4.69) is 17.2 Å². The van der Waals surface area contributed by atoms with E-state index < -0.39 is 5.97 Å². The maximum Gasteiger partial charge on any atom is 0.337 e. The minimum Gasteiger partial charge on any atom is -0.478 e. The average Bonchev–Trinajstić information content (AvgIpc) is 2.35. The first-order valence-corrected chi connectivity index (χ1v) is 5.96. The first kappa shape index (κ1) is 14.2. The molecule has 4 N–H and O–H groups in total. The van der Waals surface area contributed by atoms with Crippen LogP contribution in [-0.4, -0.2) is 35.8 Å². The number of nitrogen functional groups attached to an aromatic ring is 1. The zero-order valence-electron chi connectivity index (χ0n) is 10.5. The SMILES string of the molecule is CCCCOCCNc1nccc(C(=O)O)c1N. The van der Waals surface area contributed by atoms with Crippen molar-refractivity contribution in [3.8, 4) is 0 Å². The number of hydrogen-bond donors (Lipinski definition) is 3. The molecule has 100 valence electrons. The van der Waals surface area contributed by atoms with Gasteiger partial charge in [0, 0.05) is 19.3 Å². The molecule has 1 rings (SSSR count). The highest BCUT2D eigenvalue weighted by Gasteiger charge is 2.11. The first-order chi connectivity index (χ1) is 8.66. The predicted octanol–water partition coefficient (Wildman–Crippen LogP) is 1.59. The van der Waals surface area contributed by atoms with Crippen LogP contribution in [0.5, 0.6) is 0 Å². The molecule has 0 aliphatic rings. The molecule has 0 bridgehead atoms. The Kier molecular flexibility index (Phi) is 5.93. The lowest BCUT2D eigenvalue weighted by Crippen LogP contribution is -2.14. The molecule has 18 heavy (non-hydrogen) atoms. The number of aromatic nitrogens is 1. The highest BCUT2D eigenvalue weighted by Crippen LogP contribution is 2.19. The quantitative estimate of drug-likeness (QED) is 0.609. The monoisotopic (exact) mass is 253 g/mol. The van der Waals surface area contributed by atoms with Gasteiger partial charge in [-0.1, -0.05) is 13.3 Å². The van der Waals surface area contributed by atoms with Gasteiger partial charge in [0.05, 0.1) is 17.9 Å². The summed E-state index contributed by atoms with van der Waals surface area (Å²) in [6.45, 7) is 3.92. The van der Waals surface area contributed by atoms with E-state index in [0.29, 0.717) is 19.0 Å². The highest BCUT2D eigenvalue weighted by molar-refractivity contribution is 5.96. The number of nitrogens with zero attached hydrogens (tertiary/aromatic N) is 1. The lowest BCUT2D eigenvalue weighted by Gasteiger charge is -2.10. The molecule has 1 aromatic heterocycles. The van der Waals surface area contributed by atoms with E-state index >= 15 is 0 Å².